The van der Waals surface area contributed by atoms with Crippen LogP contribution < -0.4 is 0 Å². The number of hydrogen-bond donors (Lipinski definition) is 0. The van der Waals surface area contributed by atoms with Crippen molar-refractivity contribution in [1.82, 2.24) is 0 Å². The first-order chi connectivity index (χ1) is 6.55. The molecule has 86 valence electrons. The Hall–Kier alpha value is -0.520. The van der Waals surface area contributed by atoms with Crippen molar-refractivity contribution < 1.29 is 0 Å². The summed E-state index contributed by atoms with van der Waals surface area (Å²) in [4.78, 5) is 0. The summed E-state index contributed by atoms with van der Waals surface area (Å²) in [6, 6.07) is 0. The van der Waals surface area contributed by atoms with E-state index in [2.05, 4.69) is 55.4 Å². The minimum Gasteiger partial charge on any atom is -0.0660 e. The second kappa shape index (κ2) is 3.50. The summed E-state index contributed by atoms with van der Waals surface area (Å²) in [5.74, 6) is 0. The van der Waals surface area contributed by atoms with Gasteiger partial charge in [0.2, 0.25) is 0 Å². The number of allylic oxidation sites excluding steroid dienone is 4. The summed E-state index contributed by atoms with van der Waals surface area (Å²) >= 11 is 0. The van der Waals surface area contributed by atoms with Crippen LogP contribution in [0.3, 0.4) is 0 Å². The molecule has 1 rings (SSSR count). The molecule has 1 aliphatic carbocycles. The molecule has 1 aliphatic rings. The topological polar surface area (TPSA) is 0 Å². The second-order valence-corrected chi connectivity index (χ2v) is 6.94. The maximum Gasteiger partial charge on any atom is -0.00940 e. The van der Waals surface area contributed by atoms with Crippen molar-refractivity contribution in [2.45, 2.75) is 61.8 Å². The van der Waals surface area contributed by atoms with Gasteiger partial charge in [0.25, 0.3) is 0 Å². The monoisotopic (exact) mass is 206 g/mol. The van der Waals surface area contributed by atoms with Gasteiger partial charge in [0.1, 0.15) is 0 Å². The van der Waals surface area contributed by atoms with E-state index in [1.807, 2.05) is 0 Å². The molecule has 0 nitrogen and oxygen atoms in total. The second-order valence-electron chi connectivity index (χ2n) is 6.94. The van der Waals surface area contributed by atoms with Crippen molar-refractivity contribution >= 4 is 0 Å². The molecule has 0 N–H and O–H groups in total. The number of hydrogen-bond acceptors (Lipinski definition) is 0. The van der Waals surface area contributed by atoms with Gasteiger partial charge >= 0.3 is 0 Å². The fourth-order valence-corrected chi connectivity index (χ4v) is 2.58. The Morgan fingerprint density at radius 2 is 1.27 bits per heavy atom. The van der Waals surface area contributed by atoms with Crippen LogP contribution in [0.15, 0.2) is 22.3 Å². The summed E-state index contributed by atoms with van der Waals surface area (Å²) in [6.07, 6.45) is 1.18. The third kappa shape index (κ3) is 2.35. The van der Waals surface area contributed by atoms with Crippen LogP contribution in [-0.2, 0) is 0 Å². The van der Waals surface area contributed by atoms with Crippen LogP contribution in [0.2, 0.25) is 0 Å². The lowest BCUT2D eigenvalue weighted by molar-refractivity contribution is 0.449. The Morgan fingerprint density at radius 1 is 0.800 bits per heavy atom. The molecule has 0 aromatic rings. The van der Waals surface area contributed by atoms with Crippen LogP contribution in [0.1, 0.15) is 61.8 Å². The van der Waals surface area contributed by atoms with Crippen LogP contribution in [0.25, 0.3) is 0 Å². The van der Waals surface area contributed by atoms with E-state index in [0.29, 0.717) is 5.41 Å². The zero-order valence-electron chi connectivity index (χ0n) is 11.7. The van der Waals surface area contributed by atoms with E-state index in [0.717, 1.165) is 0 Å². The van der Waals surface area contributed by atoms with Crippen molar-refractivity contribution in [3.63, 3.8) is 0 Å². The maximum atomic E-state index is 2.33. The average molecular weight is 206 g/mol. The van der Waals surface area contributed by atoms with Crippen LogP contribution in [0.5, 0.6) is 0 Å². The number of rotatable bonds is 0. The Morgan fingerprint density at radius 3 is 1.53 bits per heavy atom. The van der Waals surface area contributed by atoms with Crippen molar-refractivity contribution in [1.29, 1.82) is 0 Å². The van der Waals surface area contributed by atoms with Gasteiger partial charge in [-0.3, -0.25) is 0 Å². The first-order valence-electron chi connectivity index (χ1n) is 5.96. The molecule has 0 saturated heterocycles. The van der Waals surface area contributed by atoms with Gasteiger partial charge < -0.3 is 0 Å². The van der Waals surface area contributed by atoms with E-state index in [4.69, 9.17) is 0 Å². The highest BCUT2D eigenvalue weighted by Crippen LogP contribution is 2.48. The smallest absolute Gasteiger partial charge is 0.00940 e. The SMILES string of the molecule is CC1=C(C)C(C(C)(C)C)=C(C(C)(C)C)C1. The van der Waals surface area contributed by atoms with Gasteiger partial charge in [0.15, 0.2) is 0 Å². The largest absolute Gasteiger partial charge is 0.0660 e. The van der Waals surface area contributed by atoms with Crippen molar-refractivity contribution in [3.05, 3.63) is 22.3 Å². The van der Waals surface area contributed by atoms with E-state index in [1.165, 1.54) is 12.0 Å². The highest BCUT2D eigenvalue weighted by atomic mass is 14.4. The first kappa shape index (κ1) is 12.5. The standard InChI is InChI=1S/C15H26/c1-10-9-12(14(3,4)5)13(11(10)2)15(6,7)8/h9H2,1-8H3. The molecule has 0 saturated carbocycles. The highest BCUT2D eigenvalue weighted by molar-refractivity contribution is 5.50. The zero-order valence-corrected chi connectivity index (χ0v) is 11.7. The maximum absolute atomic E-state index is 2.33. The molecule has 0 bridgehead atoms. The van der Waals surface area contributed by atoms with Crippen LogP contribution in [0, 0.1) is 10.8 Å². The Kier molecular flexibility index (Phi) is 2.93. The summed E-state index contributed by atoms with van der Waals surface area (Å²) < 4.78 is 0. The third-order valence-corrected chi connectivity index (χ3v) is 3.41. The van der Waals surface area contributed by atoms with Crippen molar-refractivity contribution in [2.24, 2.45) is 10.8 Å². The van der Waals surface area contributed by atoms with E-state index < -0.39 is 0 Å². The molecule has 0 aromatic carbocycles. The first-order valence-corrected chi connectivity index (χ1v) is 5.96. The molecule has 0 amide bonds. The van der Waals surface area contributed by atoms with Gasteiger partial charge in [0, 0.05) is 0 Å². The van der Waals surface area contributed by atoms with Crippen LogP contribution in [0.4, 0.5) is 0 Å². The van der Waals surface area contributed by atoms with Gasteiger partial charge in [-0.1, -0.05) is 52.7 Å². The zero-order chi connectivity index (χ0) is 12.0. The lowest BCUT2D eigenvalue weighted by Gasteiger charge is -2.30. The predicted molar refractivity (Wildman–Crippen MR) is 68.9 cm³/mol. The molecule has 0 atom stereocenters. The Bertz CT molecular complexity index is 324. The van der Waals surface area contributed by atoms with E-state index in [-0.39, 0.29) is 5.41 Å². The summed E-state index contributed by atoms with van der Waals surface area (Å²) in [5.41, 5.74) is 6.93. The molecular weight excluding hydrogens is 180 g/mol. The molecule has 0 spiro atoms. The summed E-state index contributed by atoms with van der Waals surface area (Å²) in [5, 5.41) is 0. The normalized spacial score (nSPS) is 19.2. The minimum atomic E-state index is 0.282. The third-order valence-electron chi connectivity index (χ3n) is 3.41. The van der Waals surface area contributed by atoms with E-state index in [9.17, 15) is 0 Å². The summed E-state index contributed by atoms with van der Waals surface area (Å²) in [7, 11) is 0. The molecule has 0 unspecified atom stereocenters. The van der Waals surface area contributed by atoms with E-state index in [1.54, 1.807) is 16.7 Å². The molecule has 0 aromatic heterocycles. The highest BCUT2D eigenvalue weighted by Gasteiger charge is 2.33. The van der Waals surface area contributed by atoms with Gasteiger partial charge in [-0.05, 0) is 42.2 Å². The summed E-state index contributed by atoms with van der Waals surface area (Å²) in [6.45, 7) is 18.6. The molecule has 0 heteroatoms. The predicted octanol–water partition coefficient (Wildman–Crippen LogP) is 5.12. The van der Waals surface area contributed by atoms with Crippen molar-refractivity contribution in [2.75, 3.05) is 0 Å². The van der Waals surface area contributed by atoms with Gasteiger partial charge in [-0.25, -0.2) is 0 Å². The van der Waals surface area contributed by atoms with Crippen LogP contribution >= 0.6 is 0 Å². The Labute approximate surface area is 95.5 Å². The van der Waals surface area contributed by atoms with Gasteiger partial charge in [-0.2, -0.15) is 0 Å². The van der Waals surface area contributed by atoms with E-state index >= 15 is 0 Å². The molecule has 15 heavy (non-hydrogen) atoms. The lowest BCUT2D eigenvalue weighted by Crippen LogP contribution is -2.17. The van der Waals surface area contributed by atoms with Crippen LogP contribution in [-0.4, -0.2) is 0 Å². The van der Waals surface area contributed by atoms with Gasteiger partial charge in [0.05, 0.1) is 0 Å². The molecule has 0 fully saturated rings. The fraction of sp³-hybridized carbons (Fsp3) is 0.733. The van der Waals surface area contributed by atoms with Crippen molar-refractivity contribution in [3.8, 4) is 0 Å². The molecule has 0 aliphatic heterocycles. The van der Waals surface area contributed by atoms with Gasteiger partial charge in [-0.15, -0.1) is 0 Å². The fourth-order valence-electron chi connectivity index (χ4n) is 2.58. The minimum absolute atomic E-state index is 0.282. The Balaban J connectivity index is 3.32. The average Bonchev–Trinajstić information content (AvgIpc) is 2.25. The molecule has 0 radical (unpaired) electrons. The molecule has 0 heterocycles. The lowest BCUT2D eigenvalue weighted by atomic mass is 9.75. The quantitative estimate of drug-likeness (QED) is 0.516. The molecular formula is C15H26.